The lowest BCUT2D eigenvalue weighted by Crippen LogP contribution is -2.21. The minimum absolute atomic E-state index is 0.0898. The van der Waals surface area contributed by atoms with E-state index in [1.165, 1.54) is 0 Å². The average molecular weight is 271 g/mol. The molecular formula is C9H21NO6S. The summed E-state index contributed by atoms with van der Waals surface area (Å²) in [6.45, 7) is 2.92. The molecule has 0 spiro atoms. The zero-order valence-corrected chi connectivity index (χ0v) is 10.9. The normalized spacial score (nSPS) is 11.9. The second kappa shape index (κ2) is 10.9. The van der Waals surface area contributed by atoms with Crippen LogP contribution in [-0.2, 0) is 29.0 Å². The molecule has 2 N–H and O–H groups in total. The molecule has 0 amide bonds. The summed E-state index contributed by atoms with van der Waals surface area (Å²) in [6, 6.07) is 0. The molecule has 0 aliphatic carbocycles. The van der Waals surface area contributed by atoms with Crippen LogP contribution in [0.5, 0.6) is 0 Å². The lowest BCUT2D eigenvalue weighted by Gasteiger charge is -2.06. The van der Waals surface area contributed by atoms with Crippen LogP contribution in [0.15, 0.2) is 0 Å². The molecule has 0 aromatic rings. The molecule has 17 heavy (non-hydrogen) atoms. The number of methoxy groups -OCH3 is 1. The quantitative estimate of drug-likeness (QED) is 0.456. The van der Waals surface area contributed by atoms with Crippen LogP contribution < -0.4 is 5.14 Å². The van der Waals surface area contributed by atoms with Gasteiger partial charge in [-0.1, -0.05) is 0 Å². The number of primary sulfonamides is 1. The van der Waals surface area contributed by atoms with Gasteiger partial charge in [0.2, 0.25) is 10.0 Å². The summed E-state index contributed by atoms with van der Waals surface area (Å²) >= 11 is 0. The van der Waals surface area contributed by atoms with Crippen molar-refractivity contribution in [1.82, 2.24) is 0 Å². The molecule has 0 unspecified atom stereocenters. The van der Waals surface area contributed by atoms with Gasteiger partial charge in [0.15, 0.2) is 0 Å². The van der Waals surface area contributed by atoms with Gasteiger partial charge in [0.25, 0.3) is 0 Å². The van der Waals surface area contributed by atoms with E-state index in [0.717, 1.165) is 0 Å². The molecule has 8 heteroatoms. The second-order valence-electron chi connectivity index (χ2n) is 3.20. The fourth-order valence-corrected chi connectivity index (χ4v) is 1.21. The van der Waals surface area contributed by atoms with E-state index >= 15 is 0 Å². The number of nitrogens with two attached hydrogens (primary N) is 1. The average Bonchev–Trinajstić information content (AvgIpc) is 2.24. The SMILES string of the molecule is COCCOCCOCCOCCS(N)(=O)=O. The summed E-state index contributed by atoms with van der Waals surface area (Å²) in [5, 5.41) is 4.79. The van der Waals surface area contributed by atoms with Crippen molar-refractivity contribution in [2.45, 2.75) is 0 Å². The molecule has 0 saturated heterocycles. The molecule has 0 atom stereocenters. The highest BCUT2D eigenvalue weighted by molar-refractivity contribution is 7.89. The van der Waals surface area contributed by atoms with Crippen molar-refractivity contribution in [3.8, 4) is 0 Å². The zero-order chi connectivity index (χ0) is 13.0. The molecular weight excluding hydrogens is 250 g/mol. The Hall–Kier alpha value is -0.250. The number of hydrogen-bond donors (Lipinski definition) is 1. The van der Waals surface area contributed by atoms with Crippen molar-refractivity contribution in [2.75, 3.05) is 59.1 Å². The third-order valence-electron chi connectivity index (χ3n) is 1.69. The van der Waals surface area contributed by atoms with Crippen molar-refractivity contribution >= 4 is 10.0 Å². The van der Waals surface area contributed by atoms with Crippen molar-refractivity contribution < 1.29 is 27.4 Å². The van der Waals surface area contributed by atoms with E-state index in [-0.39, 0.29) is 12.4 Å². The molecule has 0 aromatic carbocycles. The van der Waals surface area contributed by atoms with Gasteiger partial charge in [-0.15, -0.1) is 0 Å². The Labute approximate surface area is 102 Å². The molecule has 0 heterocycles. The highest BCUT2D eigenvalue weighted by Crippen LogP contribution is 1.83. The van der Waals surface area contributed by atoms with Crippen LogP contribution in [0.2, 0.25) is 0 Å². The van der Waals surface area contributed by atoms with Gasteiger partial charge in [-0.05, 0) is 0 Å². The molecule has 0 aliphatic rings. The molecule has 0 fully saturated rings. The molecule has 0 bridgehead atoms. The number of rotatable bonds is 12. The van der Waals surface area contributed by atoms with Crippen LogP contribution in [0.3, 0.4) is 0 Å². The minimum Gasteiger partial charge on any atom is -0.382 e. The Balaban J connectivity index is 3.04. The topological polar surface area (TPSA) is 97.1 Å². The predicted octanol–water partition coefficient (Wildman–Crippen LogP) is -1.03. The lowest BCUT2D eigenvalue weighted by atomic mass is 10.7. The maximum absolute atomic E-state index is 10.5. The van der Waals surface area contributed by atoms with Crippen LogP contribution >= 0.6 is 0 Å². The van der Waals surface area contributed by atoms with Crippen LogP contribution in [0.1, 0.15) is 0 Å². The van der Waals surface area contributed by atoms with Crippen LogP contribution in [-0.4, -0.2) is 67.5 Å². The van der Waals surface area contributed by atoms with E-state index in [1.54, 1.807) is 7.11 Å². The Bertz CT molecular complexity index is 256. The van der Waals surface area contributed by atoms with Gasteiger partial charge in [0.05, 0.1) is 52.0 Å². The van der Waals surface area contributed by atoms with Crippen molar-refractivity contribution in [3.63, 3.8) is 0 Å². The highest BCUT2D eigenvalue weighted by Gasteiger charge is 2.01. The standard InChI is InChI=1S/C9H21NO6S/c1-13-2-3-14-4-5-15-6-7-16-8-9-17(10,11)12/h2-9H2,1H3,(H2,10,11,12). The Morgan fingerprint density at radius 1 is 0.824 bits per heavy atom. The summed E-state index contributed by atoms with van der Waals surface area (Å²) in [7, 11) is -1.82. The summed E-state index contributed by atoms with van der Waals surface area (Å²) < 4.78 is 41.2. The maximum Gasteiger partial charge on any atom is 0.211 e. The first-order valence-electron chi connectivity index (χ1n) is 5.29. The van der Waals surface area contributed by atoms with Gasteiger partial charge in [0, 0.05) is 7.11 Å². The fraction of sp³-hybridized carbons (Fsp3) is 1.00. The van der Waals surface area contributed by atoms with Crippen molar-refractivity contribution in [1.29, 1.82) is 0 Å². The summed E-state index contributed by atoms with van der Waals surface area (Å²) in [6.07, 6.45) is 0. The van der Waals surface area contributed by atoms with E-state index < -0.39 is 10.0 Å². The first kappa shape index (κ1) is 16.8. The van der Waals surface area contributed by atoms with E-state index in [9.17, 15) is 8.42 Å². The third kappa shape index (κ3) is 15.8. The molecule has 0 aliphatic heterocycles. The van der Waals surface area contributed by atoms with Gasteiger partial charge in [-0.2, -0.15) is 0 Å². The molecule has 7 nitrogen and oxygen atoms in total. The van der Waals surface area contributed by atoms with Gasteiger partial charge in [-0.25, -0.2) is 13.6 Å². The second-order valence-corrected chi connectivity index (χ2v) is 4.93. The fourth-order valence-electron chi connectivity index (χ4n) is 0.859. The van der Waals surface area contributed by atoms with Crippen LogP contribution in [0.25, 0.3) is 0 Å². The molecule has 0 aromatic heterocycles. The predicted molar refractivity (Wildman–Crippen MR) is 62.3 cm³/mol. The zero-order valence-electron chi connectivity index (χ0n) is 10.1. The summed E-state index contributed by atoms with van der Waals surface area (Å²) in [5.74, 6) is -0.173. The highest BCUT2D eigenvalue weighted by atomic mass is 32.2. The van der Waals surface area contributed by atoms with E-state index in [4.69, 9.17) is 24.1 Å². The Morgan fingerprint density at radius 3 is 1.65 bits per heavy atom. The van der Waals surface area contributed by atoms with Gasteiger partial charge in [0.1, 0.15) is 0 Å². The van der Waals surface area contributed by atoms with Gasteiger partial charge in [-0.3, -0.25) is 0 Å². The monoisotopic (exact) mass is 271 g/mol. The van der Waals surface area contributed by atoms with Crippen LogP contribution in [0, 0.1) is 0 Å². The smallest absolute Gasteiger partial charge is 0.211 e. The van der Waals surface area contributed by atoms with Gasteiger partial charge >= 0.3 is 0 Å². The molecule has 104 valence electrons. The summed E-state index contributed by atoms with van der Waals surface area (Å²) in [4.78, 5) is 0. The summed E-state index contributed by atoms with van der Waals surface area (Å²) in [5.41, 5.74) is 0. The van der Waals surface area contributed by atoms with Crippen LogP contribution in [0.4, 0.5) is 0 Å². The van der Waals surface area contributed by atoms with E-state index in [0.29, 0.717) is 39.6 Å². The van der Waals surface area contributed by atoms with E-state index in [1.807, 2.05) is 0 Å². The van der Waals surface area contributed by atoms with Gasteiger partial charge < -0.3 is 18.9 Å². The maximum atomic E-state index is 10.5. The lowest BCUT2D eigenvalue weighted by molar-refractivity contribution is 0.00555. The minimum atomic E-state index is -3.43. The Kier molecular flexibility index (Phi) is 10.7. The first-order chi connectivity index (χ1) is 8.06. The molecule has 0 saturated carbocycles. The van der Waals surface area contributed by atoms with Crippen molar-refractivity contribution in [2.24, 2.45) is 5.14 Å². The third-order valence-corrected chi connectivity index (χ3v) is 2.42. The largest absolute Gasteiger partial charge is 0.382 e. The number of hydrogen-bond acceptors (Lipinski definition) is 6. The van der Waals surface area contributed by atoms with E-state index in [2.05, 4.69) is 0 Å². The first-order valence-corrected chi connectivity index (χ1v) is 7.00. The molecule has 0 rings (SSSR count). The van der Waals surface area contributed by atoms with Crippen molar-refractivity contribution in [3.05, 3.63) is 0 Å². The number of sulfonamides is 1. The molecule has 0 radical (unpaired) electrons. The Morgan fingerprint density at radius 2 is 1.24 bits per heavy atom. The number of ether oxygens (including phenoxy) is 4.